The van der Waals surface area contributed by atoms with Gasteiger partial charge in [0.1, 0.15) is 5.02 Å². The Kier molecular flexibility index (Phi) is 2.75. The molecule has 3 rings (SSSR count). The molecule has 4 nitrogen and oxygen atoms in total. The van der Waals surface area contributed by atoms with Crippen LogP contribution in [0, 0.1) is 5.82 Å². The van der Waals surface area contributed by atoms with Crippen LogP contribution in [0.4, 0.5) is 21.5 Å². The molecule has 6 heteroatoms. The Balaban J connectivity index is 1.99. The Labute approximate surface area is 110 Å². The summed E-state index contributed by atoms with van der Waals surface area (Å²) in [4.78, 5) is 1.92. The fraction of sp³-hybridized carbons (Fsp3) is 0.500. The molecule has 0 amide bonds. The van der Waals surface area contributed by atoms with Crippen molar-refractivity contribution in [2.24, 2.45) is 0 Å². The third-order valence-corrected chi connectivity index (χ3v) is 3.98. The zero-order valence-electron chi connectivity index (χ0n) is 9.83. The van der Waals surface area contributed by atoms with Crippen molar-refractivity contribution in [3.63, 3.8) is 0 Å². The van der Waals surface area contributed by atoms with E-state index in [1.807, 2.05) is 4.90 Å². The van der Waals surface area contributed by atoms with Gasteiger partial charge in [-0.3, -0.25) is 0 Å². The van der Waals surface area contributed by atoms with Crippen molar-refractivity contribution >= 4 is 28.7 Å². The molecule has 18 heavy (non-hydrogen) atoms. The smallest absolute Gasteiger partial charge is 0.169 e. The topological polar surface area (TPSA) is 64.5 Å². The van der Waals surface area contributed by atoms with E-state index in [4.69, 9.17) is 27.8 Å². The minimum absolute atomic E-state index is 0.0574. The molecule has 4 N–H and O–H groups in total. The lowest BCUT2D eigenvalue weighted by Crippen LogP contribution is -2.43. The van der Waals surface area contributed by atoms with Crippen LogP contribution in [0.1, 0.15) is 12.8 Å². The lowest BCUT2D eigenvalue weighted by Gasteiger charge is -2.34. The molecule has 1 aromatic carbocycles. The molecule has 2 fully saturated rings. The van der Waals surface area contributed by atoms with Gasteiger partial charge in [0.25, 0.3) is 0 Å². The Bertz CT molecular complexity index is 485. The Morgan fingerprint density at radius 1 is 1.22 bits per heavy atom. The monoisotopic (exact) mass is 271 g/mol. The van der Waals surface area contributed by atoms with Gasteiger partial charge < -0.3 is 21.1 Å². The first-order valence-electron chi connectivity index (χ1n) is 5.99. The van der Waals surface area contributed by atoms with Gasteiger partial charge in [-0.1, -0.05) is 11.6 Å². The largest absolute Gasteiger partial charge is 0.397 e. The Morgan fingerprint density at radius 3 is 2.44 bits per heavy atom. The van der Waals surface area contributed by atoms with Gasteiger partial charge in [0, 0.05) is 13.1 Å². The summed E-state index contributed by atoms with van der Waals surface area (Å²) in [6.45, 7) is 1.30. The summed E-state index contributed by atoms with van der Waals surface area (Å²) in [5, 5.41) is -0.0574. The van der Waals surface area contributed by atoms with Crippen molar-refractivity contribution in [1.82, 2.24) is 0 Å². The number of ether oxygens (including phenoxy) is 1. The standard InChI is InChI=1S/C12H15ClFN3O/c13-10-8(15)3-9(16)12(11(10)14)17-4-6-1-2-7(5-17)18-6/h3,6-7H,1-2,4-5,15-16H2. The minimum Gasteiger partial charge on any atom is -0.397 e. The fourth-order valence-corrected chi connectivity index (χ4v) is 2.92. The number of hydrogen-bond donors (Lipinski definition) is 2. The Hall–Kier alpha value is -1.20. The molecule has 0 aromatic heterocycles. The van der Waals surface area contributed by atoms with Crippen molar-refractivity contribution in [1.29, 1.82) is 0 Å². The van der Waals surface area contributed by atoms with E-state index in [1.165, 1.54) is 6.07 Å². The summed E-state index contributed by atoms with van der Waals surface area (Å²) >= 11 is 5.85. The van der Waals surface area contributed by atoms with E-state index in [1.54, 1.807) is 0 Å². The minimum atomic E-state index is -0.532. The van der Waals surface area contributed by atoms with E-state index in [2.05, 4.69) is 0 Å². The molecule has 2 atom stereocenters. The first kappa shape index (κ1) is 11.9. The maximum atomic E-state index is 14.2. The lowest BCUT2D eigenvalue weighted by molar-refractivity contribution is 0.0303. The third kappa shape index (κ3) is 1.78. The second-order valence-electron chi connectivity index (χ2n) is 4.89. The molecular formula is C12H15ClFN3O. The second kappa shape index (κ2) is 4.17. The summed E-state index contributed by atoms with van der Waals surface area (Å²) in [5.41, 5.74) is 12.3. The van der Waals surface area contributed by atoms with E-state index in [0.717, 1.165) is 12.8 Å². The molecular weight excluding hydrogens is 257 g/mol. The molecule has 2 unspecified atom stereocenters. The molecule has 0 saturated carbocycles. The average molecular weight is 272 g/mol. The van der Waals surface area contributed by atoms with Crippen LogP contribution in [-0.4, -0.2) is 25.3 Å². The van der Waals surface area contributed by atoms with Crippen LogP contribution in [0.25, 0.3) is 0 Å². The van der Waals surface area contributed by atoms with Crippen LogP contribution in [-0.2, 0) is 4.74 Å². The van der Waals surface area contributed by atoms with Crippen molar-refractivity contribution in [2.75, 3.05) is 29.5 Å². The zero-order chi connectivity index (χ0) is 12.9. The Morgan fingerprint density at radius 2 is 1.83 bits per heavy atom. The fourth-order valence-electron chi connectivity index (χ4n) is 2.78. The van der Waals surface area contributed by atoms with Gasteiger partial charge in [0.15, 0.2) is 5.82 Å². The summed E-state index contributed by atoms with van der Waals surface area (Å²) in [7, 11) is 0. The normalized spacial score (nSPS) is 26.7. The van der Waals surface area contributed by atoms with Gasteiger partial charge in [0.05, 0.1) is 29.3 Å². The van der Waals surface area contributed by atoms with Crippen molar-refractivity contribution in [3.05, 3.63) is 16.9 Å². The van der Waals surface area contributed by atoms with Gasteiger partial charge in [-0.25, -0.2) is 4.39 Å². The molecule has 2 aliphatic heterocycles. The van der Waals surface area contributed by atoms with E-state index >= 15 is 0 Å². The quantitative estimate of drug-likeness (QED) is 0.767. The first-order valence-corrected chi connectivity index (χ1v) is 6.37. The van der Waals surface area contributed by atoms with Gasteiger partial charge in [0.2, 0.25) is 0 Å². The van der Waals surface area contributed by atoms with Gasteiger partial charge in [-0.2, -0.15) is 0 Å². The van der Waals surface area contributed by atoms with Crippen LogP contribution < -0.4 is 16.4 Å². The van der Waals surface area contributed by atoms with E-state index in [0.29, 0.717) is 24.5 Å². The number of halogens is 2. The number of hydrogen-bond acceptors (Lipinski definition) is 4. The van der Waals surface area contributed by atoms with E-state index in [-0.39, 0.29) is 22.9 Å². The molecule has 98 valence electrons. The van der Waals surface area contributed by atoms with Gasteiger partial charge in [-0.05, 0) is 18.9 Å². The molecule has 1 aromatic rings. The predicted octanol–water partition coefficient (Wildman–Crippen LogP) is 2.01. The highest BCUT2D eigenvalue weighted by Crippen LogP contribution is 2.39. The molecule has 0 radical (unpaired) electrons. The highest BCUT2D eigenvalue weighted by Gasteiger charge is 2.35. The molecule has 2 bridgehead atoms. The zero-order valence-corrected chi connectivity index (χ0v) is 10.6. The molecule has 2 saturated heterocycles. The predicted molar refractivity (Wildman–Crippen MR) is 70.3 cm³/mol. The van der Waals surface area contributed by atoms with Gasteiger partial charge in [-0.15, -0.1) is 0 Å². The maximum Gasteiger partial charge on any atom is 0.169 e. The number of benzene rings is 1. The maximum absolute atomic E-state index is 14.2. The molecule has 0 aliphatic carbocycles. The summed E-state index contributed by atoms with van der Waals surface area (Å²) < 4.78 is 19.9. The highest BCUT2D eigenvalue weighted by molar-refractivity contribution is 6.33. The summed E-state index contributed by atoms with van der Waals surface area (Å²) in [5.74, 6) is -0.532. The van der Waals surface area contributed by atoms with Crippen LogP contribution in [0.5, 0.6) is 0 Å². The third-order valence-electron chi connectivity index (χ3n) is 3.60. The lowest BCUT2D eigenvalue weighted by atomic mass is 10.2. The van der Waals surface area contributed by atoms with Crippen LogP contribution in [0.15, 0.2) is 6.07 Å². The molecule has 0 spiro atoms. The van der Waals surface area contributed by atoms with Gasteiger partial charge >= 0.3 is 0 Å². The number of anilines is 3. The highest BCUT2D eigenvalue weighted by atomic mass is 35.5. The summed E-state index contributed by atoms with van der Waals surface area (Å²) in [6, 6.07) is 1.51. The number of rotatable bonds is 1. The van der Waals surface area contributed by atoms with Crippen molar-refractivity contribution in [2.45, 2.75) is 25.0 Å². The number of nitrogen functional groups attached to an aromatic ring is 2. The number of nitrogens with zero attached hydrogens (tertiary/aromatic N) is 1. The number of morpholine rings is 1. The van der Waals surface area contributed by atoms with E-state index in [9.17, 15) is 4.39 Å². The number of nitrogens with two attached hydrogens (primary N) is 2. The second-order valence-corrected chi connectivity index (χ2v) is 5.27. The van der Waals surface area contributed by atoms with Crippen LogP contribution >= 0.6 is 11.6 Å². The average Bonchev–Trinajstić information content (AvgIpc) is 2.66. The van der Waals surface area contributed by atoms with Crippen molar-refractivity contribution < 1.29 is 9.13 Å². The first-order chi connectivity index (χ1) is 8.56. The SMILES string of the molecule is Nc1cc(N)c(N2CC3CCC(C2)O3)c(F)c1Cl. The summed E-state index contributed by atoms with van der Waals surface area (Å²) in [6.07, 6.45) is 2.37. The van der Waals surface area contributed by atoms with E-state index < -0.39 is 5.82 Å². The number of fused-ring (bicyclic) bond motifs is 2. The van der Waals surface area contributed by atoms with Crippen LogP contribution in [0.2, 0.25) is 5.02 Å². The molecule has 2 aliphatic rings. The molecule has 2 heterocycles. The van der Waals surface area contributed by atoms with Crippen LogP contribution in [0.3, 0.4) is 0 Å². The van der Waals surface area contributed by atoms with Crippen molar-refractivity contribution in [3.8, 4) is 0 Å².